The van der Waals surface area contributed by atoms with Gasteiger partial charge in [-0.15, -0.1) is 0 Å². The Kier molecular flexibility index (Phi) is 2.93. The summed E-state index contributed by atoms with van der Waals surface area (Å²) in [5, 5.41) is 0.790. The van der Waals surface area contributed by atoms with Crippen LogP contribution in [0.5, 0.6) is 0 Å². The molecule has 0 fully saturated rings. The van der Waals surface area contributed by atoms with Crippen LogP contribution >= 0.6 is 0 Å². The third kappa shape index (κ3) is 2.28. The molecule has 1 aromatic rings. The van der Waals surface area contributed by atoms with E-state index in [-0.39, 0.29) is 0 Å². The Morgan fingerprint density at radius 1 is 1.22 bits per heavy atom. The van der Waals surface area contributed by atoms with E-state index in [1.54, 1.807) is 0 Å². The van der Waals surface area contributed by atoms with E-state index in [1.165, 1.54) is 4.04 Å². The topological polar surface area (TPSA) is 26.0 Å². The fourth-order valence-corrected chi connectivity index (χ4v) is 1.58. The molecule has 0 aliphatic rings. The van der Waals surface area contributed by atoms with Crippen LogP contribution in [0.2, 0.25) is 0 Å². The molecule has 0 atom stereocenters. The summed E-state index contributed by atoms with van der Waals surface area (Å²) in [7, 11) is 0. The maximum atomic E-state index is 5.38. The average molecular weight is 214 g/mol. The van der Waals surface area contributed by atoms with Crippen LogP contribution < -0.4 is 9.77 Å². The molecular formula is C7H9NPd. The number of hydrogen-bond donors (Lipinski definition) is 1. The Balaban J connectivity index is 2.61. The van der Waals surface area contributed by atoms with Crippen LogP contribution in [0.3, 0.4) is 0 Å². The van der Waals surface area contributed by atoms with Gasteiger partial charge in [-0.05, 0) is 0 Å². The Hall–Kier alpha value is -0.158. The van der Waals surface area contributed by atoms with E-state index in [9.17, 15) is 0 Å². The predicted molar refractivity (Wildman–Crippen MR) is 35.1 cm³/mol. The van der Waals surface area contributed by atoms with E-state index in [0.29, 0.717) is 18.0 Å². The van der Waals surface area contributed by atoms with Gasteiger partial charge in [-0.3, -0.25) is 0 Å². The van der Waals surface area contributed by atoms with Crippen molar-refractivity contribution in [3.63, 3.8) is 0 Å². The summed E-state index contributed by atoms with van der Waals surface area (Å²) >= 11 is 0.587. The van der Waals surface area contributed by atoms with E-state index in [2.05, 4.69) is 12.1 Å². The van der Waals surface area contributed by atoms with Gasteiger partial charge in [0.05, 0.1) is 0 Å². The molecule has 0 aliphatic carbocycles. The second-order valence-electron chi connectivity index (χ2n) is 1.50. The molecule has 1 nitrogen and oxygen atoms in total. The Labute approximate surface area is 63.4 Å². The van der Waals surface area contributed by atoms with Gasteiger partial charge in [-0.1, -0.05) is 0 Å². The molecule has 9 heavy (non-hydrogen) atoms. The second kappa shape index (κ2) is 3.79. The molecule has 0 aromatic heterocycles. The Morgan fingerprint density at radius 2 is 1.89 bits per heavy atom. The molecule has 0 saturated carbocycles. The van der Waals surface area contributed by atoms with Crippen LogP contribution in [-0.4, -0.2) is 5.02 Å². The van der Waals surface area contributed by atoms with Gasteiger partial charge in [0.25, 0.3) is 0 Å². The normalized spacial score (nSPS) is 9.89. The zero-order valence-electron chi connectivity index (χ0n) is 4.99. The molecule has 52 valence electrons. The Morgan fingerprint density at radius 3 is 2.44 bits per heavy atom. The number of hydrogen-bond acceptors (Lipinski definition) is 1. The molecular weight excluding hydrogens is 205 g/mol. The summed E-state index contributed by atoms with van der Waals surface area (Å²) < 4.78 is 1.37. The quantitative estimate of drug-likeness (QED) is 0.704. The number of nitrogens with two attached hydrogens (primary N) is 1. The molecule has 0 aliphatic heterocycles. The van der Waals surface area contributed by atoms with Gasteiger partial charge in [-0.25, -0.2) is 0 Å². The van der Waals surface area contributed by atoms with Crippen molar-refractivity contribution in [1.82, 2.24) is 0 Å². The summed E-state index contributed by atoms with van der Waals surface area (Å²) in [4.78, 5) is 0. The first-order valence-electron chi connectivity index (χ1n) is 2.70. The first-order valence-corrected chi connectivity index (χ1v) is 4.58. The van der Waals surface area contributed by atoms with Crippen molar-refractivity contribution in [2.24, 2.45) is 5.73 Å². The van der Waals surface area contributed by atoms with Crippen LogP contribution in [0.4, 0.5) is 0 Å². The van der Waals surface area contributed by atoms with Gasteiger partial charge in [0.2, 0.25) is 0 Å². The molecule has 0 saturated heterocycles. The maximum absolute atomic E-state index is 5.38. The molecule has 0 unspecified atom stereocenters. The molecule has 0 radical (unpaired) electrons. The Bertz CT molecular complexity index is 162. The second-order valence-corrected chi connectivity index (χ2v) is 3.58. The standard InChI is InChI=1S/C6H5.CH4N.Pd/c1-2-4-6-5-3-1;1-2;/h1-5H;1-2H2;. The fraction of sp³-hybridized carbons (Fsp3) is 0.143. The number of rotatable bonds is 2. The van der Waals surface area contributed by atoms with Crippen molar-refractivity contribution in [2.45, 2.75) is 0 Å². The summed E-state index contributed by atoms with van der Waals surface area (Å²) in [5.74, 6) is 0. The van der Waals surface area contributed by atoms with E-state index in [0.717, 1.165) is 5.02 Å². The van der Waals surface area contributed by atoms with E-state index in [4.69, 9.17) is 5.73 Å². The van der Waals surface area contributed by atoms with E-state index in [1.807, 2.05) is 18.2 Å². The van der Waals surface area contributed by atoms with Crippen LogP contribution in [0.15, 0.2) is 30.3 Å². The fourth-order valence-electron chi connectivity index (χ4n) is 0.552. The monoisotopic (exact) mass is 213 g/mol. The summed E-state index contributed by atoms with van der Waals surface area (Å²) in [6.45, 7) is 0. The molecule has 1 aromatic carbocycles. The van der Waals surface area contributed by atoms with Crippen molar-refractivity contribution in [1.29, 1.82) is 0 Å². The van der Waals surface area contributed by atoms with E-state index >= 15 is 0 Å². The first kappa shape index (κ1) is 6.96. The van der Waals surface area contributed by atoms with Crippen LogP contribution in [0.25, 0.3) is 0 Å². The van der Waals surface area contributed by atoms with Gasteiger partial charge in [0, 0.05) is 0 Å². The number of benzene rings is 1. The molecule has 2 N–H and O–H groups in total. The van der Waals surface area contributed by atoms with Gasteiger partial charge in [-0.2, -0.15) is 0 Å². The molecule has 2 heteroatoms. The summed E-state index contributed by atoms with van der Waals surface area (Å²) in [6, 6.07) is 10.3. The van der Waals surface area contributed by atoms with Gasteiger partial charge >= 0.3 is 63.1 Å². The van der Waals surface area contributed by atoms with Crippen molar-refractivity contribution < 1.29 is 18.0 Å². The van der Waals surface area contributed by atoms with E-state index < -0.39 is 0 Å². The molecule has 0 heterocycles. The molecule has 0 spiro atoms. The summed E-state index contributed by atoms with van der Waals surface area (Å²) in [6.07, 6.45) is 0. The molecule has 0 bridgehead atoms. The minimum atomic E-state index is 0.587. The van der Waals surface area contributed by atoms with Crippen molar-refractivity contribution >= 4 is 4.04 Å². The predicted octanol–water partition coefficient (Wildman–Crippen LogP) is 0.311. The zero-order valence-corrected chi connectivity index (χ0v) is 6.54. The first-order chi connectivity index (χ1) is 4.43. The van der Waals surface area contributed by atoms with Crippen LogP contribution in [0.1, 0.15) is 0 Å². The van der Waals surface area contributed by atoms with Crippen LogP contribution in [0, 0.1) is 0 Å². The van der Waals surface area contributed by atoms with Crippen LogP contribution in [-0.2, 0) is 18.0 Å². The van der Waals surface area contributed by atoms with Crippen molar-refractivity contribution in [2.75, 3.05) is 5.02 Å². The van der Waals surface area contributed by atoms with Crippen molar-refractivity contribution in [3.05, 3.63) is 30.3 Å². The van der Waals surface area contributed by atoms with Gasteiger partial charge in [0.15, 0.2) is 0 Å². The zero-order chi connectivity index (χ0) is 6.53. The van der Waals surface area contributed by atoms with Gasteiger partial charge in [0.1, 0.15) is 0 Å². The molecule has 1 rings (SSSR count). The summed E-state index contributed by atoms with van der Waals surface area (Å²) in [5.41, 5.74) is 5.38. The average Bonchev–Trinajstić information content (AvgIpc) is 1.91. The third-order valence-electron chi connectivity index (χ3n) is 0.906. The SMILES string of the molecule is N[CH2][Pd][c]1ccccc1. The van der Waals surface area contributed by atoms with Gasteiger partial charge < -0.3 is 0 Å². The molecule has 0 amide bonds. The van der Waals surface area contributed by atoms with Crippen molar-refractivity contribution in [3.8, 4) is 0 Å². The third-order valence-corrected chi connectivity index (χ3v) is 2.38. The minimum absolute atomic E-state index is 0.587.